The number of primary amides is 1. The third-order valence-corrected chi connectivity index (χ3v) is 4.73. The molecule has 1 unspecified atom stereocenters. The summed E-state index contributed by atoms with van der Waals surface area (Å²) in [5, 5.41) is 23.5. The van der Waals surface area contributed by atoms with Crippen LogP contribution in [0.25, 0.3) is 0 Å². The van der Waals surface area contributed by atoms with Crippen LogP contribution >= 0.6 is 0 Å². The Morgan fingerprint density at radius 1 is 1.03 bits per heavy atom. The van der Waals surface area contributed by atoms with Gasteiger partial charge < -0.3 is 26.0 Å². The van der Waals surface area contributed by atoms with Gasteiger partial charge >= 0.3 is 18.0 Å². The normalized spacial score (nSPS) is 14.7. The number of hydrogen-bond donors (Lipinski definition) is 4. The first-order valence-corrected chi connectivity index (χ1v) is 9.49. The molecule has 0 radical (unpaired) electrons. The van der Waals surface area contributed by atoms with Crippen molar-refractivity contribution >= 4 is 18.0 Å². The van der Waals surface area contributed by atoms with Crippen molar-refractivity contribution in [2.24, 2.45) is 5.73 Å². The minimum Gasteiger partial charge on any atom is -0.481 e. The Labute approximate surface area is 174 Å². The third-order valence-electron chi connectivity index (χ3n) is 4.73. The van der Waals surface area contributed by atoms with Crippen LogP contribution in [0.3, 0.4) is 0 Å². The van der Waals surface area contributed by atoms with E-state index in [1.165, 1.54) is 0 Å². The number of urea groups is 1. The van der Waals surface area contributed by atoms with Crippen LogP contribution in [0.15, 0.2) is 60.7 Å². The number of rotatable bonds is 10. The van der Waals surface area contributed by atoms with E-state index in [9.17, 15) is 24.6 Å². The van der Waals surface area contributed by atoms with Gasteiger partial charge in [-0.1, -0.05) is 60.7 Å². The first kappa shape index (κ1) is 22.9. The number of carbonyl (C=O) groups is 3. The summed E-state index contributed by atoms with van der Waals surface area (Å²) in [6.07, 6.45) is -1.19. The molecule has 0 aliphatic rings. The molecule has 2 atom stereocenters. The van der Waals surface area contributed by atoms with Crippen molar-refractivity contribution in [3.8, 4) is 0 Å². The van der Waals surface area contributed by atoms with E-state index >= 15 is 0 Å². The largest absolute Gasteiger partial charge is 0.481 e. The summed E-state index contributed by atoms with van der Waals surface area (Å²) in [5.74, 6) is -2.15. The number of aliphatic hydroxyl groups is 1. The van der Waals surface area contributed by atoms with Crippen LogP contribution in [0.1, 0.15) is 30.9 Å². The summed E-state index contributed by atoms with van der Waals surface area (Å²) in [7, 11) is 0. The molecule has 0 bridgehead atoms. The van der Waals surface area contributed by atoms with Crippen LogP contribution in [-0.2, 0) is 26.3 Å². The predicted octanol–water partition coefficient (Wildman–Crippen LogP) is 1.95. The SMILES string of the molecule is CCOC(=O)[C@](O)(Cc1ccccc1)CC(CC(=O)O)(NC(N)=O)c1ccccc1. The quantitative estimate of drug-likeness (QED) is 0.438. The van der Waals surface area contributed by atoms with Gasteiger partial charge in [-0.05, 0) is 18.1 Å². The van der Waals surface area contributed by atoms with E-state index in [1.54, 1.807) is 67.6 Å². The smallest absolute Gasteiger partial charge is 0.338 e. The number of nitrogens with one attached hydrogen (secondary N) is 1. The number of aliphatic carboxylic acids is 1. The highest BCUT2D eigenvalue weighted by molar-refractivity contribution is 5.81. The molecule has 0 fully saturated rings. The number of carbonyl (C=O) groups excluding carboxylic acids is 2. The number of carboxylic acid groups (broad SMARTS) is 1. The topological polar surface area (TPSA) is 139 Å². The van der Waals surface area contributed by atoms with Crippen molar-refractivity contribution in [1.82, 2.24) is 5.32 Å². The standard InChI is InChI=1S/C22H26N2O6/c1-2-30-19(27)22(29,13-16-9-5-3-6-10-16)15-21(14-18(25)26,24-20(23)28)17-11-7-4-8-12-17/h3-12,29H,2,13-15H2,1H3,(H,25,26)(H3,23,24,28)/t21?,22-/m0/s1. The minimum absolute atomic E-state index is 0.0243. The fourth-order valence-electron chi connectivity index (χ4n) is 3.58. The number of benzene rings is 2. The van der Waals surface area contributed by atoms with Gasteiger partial charge in [-0.15, -0.1) is 0 Å². The van der Waals surface area contributed by atoms with E-state index in [0.717, 1.165) is 0 Å². The molecule has 2 aromatic rings. The number of carboxylic acids is 1. The summed E-state index contributed by atoms with van der Waals surface area (Å²) < 4.78 is 5.09. The highest BCUT2D eigenvalue weighted by Gasteiger charge is 2.48. The number of amides is 2. The molecule has 0 heterocycles. The summed E-state index contributed by atoms with van der Waals surface area (Å²) in [6.45, 7) is 1.63. The molecule has 0 saturated carbocycles. The maximum Gasteiger partial charge on any atom is 0.338 e. The van der Waals surface area contributed by atoms with E-state index in [4.69, 9.17) is 10.5 Å². The van der Waals surface area contributed by atoms with Gasteiger partial charge in [-0.3, -0.25) is 4.79 Å². The zero-order valence-corrected chi connectivity index (χ0v) is 16.7. The van der Waals surface area contributed by atoms with Crippen LogP contribution in [0.4, 0.5) is 4.79 Å². The second-order valence-electron chi connectivity index (χ2n) is 7.10. The van der Waals surface area contributed by atoms with E-state index < -0.39 is 42.0 Å². The summed E-state index contributed by atoms with van der Waals surface area (Å²) in [4.78, 5) is 36.3. The molecule has 2 aromatic carbocycles. The minimum atomic E-state index is -2.12. The van der Waals surface area contributed by atoms with E-state index in [2.05, 4.69) is 5.32 Å². The van der Waals surface area contributed by atoms with Gasteiger partial charge in [0, 0.05) is 12.8 Å². The van der Waals surface area contributed by atoms with Gasteiger partial charge in [0.15, 0.2) is 5.60 Å². The van der Waals surface area contributed by atoms with Gasteiger partial charge in [0.05, 0.1) is 18.6 Å². The molecule has 0 aliphatic carbocycles. The lowest BCUT2D eigenvalue weighted by Gasteiger charge is -2.39. The molecule has 0 spiro atoms. The molecule has 0 aromatic heterocycles. The Balaban J connectivity index is 2.58. The van der Waals surface area contributed by atoms with Crippen molar-refractivity contribution < 1.29 is 29.3 Å². The number of hydrogen-bond acceptors (Lipinski definition) is 5. The predicted molar refractivity (Wildman–Crippen MR) is 109 cm³/mol. The fourth-order valence-corrected chi connectivity index (χ4v) is 3.58. The molecular formula is C22H26N2O6. The Morgan fingerprint density at radius 2 is 1.60 bits per heavy atom. The summed E-state index contributed by atoms with van der Waals surface area (Å²) >= 11 is 0. The van der Waals surface area contributed by atoms with Gasteiger partial charge in [0.1, 0.15) is 0 Å². The second-order valence-corrected chi connectivity index (χ2v) is 7.10. The van der Waals surface area contributed by atoms with Crippen molar-refractivity contribution in [2.75, 3.05) is 6.61 Å². The van der Waals surface area contributed by atoms with Gasteiger partial charge in [0.25, 0.3) is 0 Å². The number of ether oxygens (including phenoxy) is 1. The first-order valence-electron chi connectivity index (χ1n) is 9.49. The van der Waals surface area contributed by atoms with Gasteiger partial charge in [0.2, 0.25) is 0 Å². The highest BCUT2D eigenvalue weighted by Crippen LogP contribution is 2.36. The maximum absolute atomic E-state index is 12.8. The molecular weight excluding hydrogens is 388 g/mol. The monoisotopic (exact) mass is 414 g/mol. The van der Waals surface area contributed by atoms with E-state index in [1.807, 2.05) is 0 Å². The molecule has 30 heavy (non-hydrogen) atoms. The fraction of sp³-hybridized carbons (Fsp3) is 0.318. The molecule has 8 nitrogen and oxygen atoms in total. The van der Waals surface area contributed by atoms with Crippen LogP contribution < -0.4 is 11.1 Å². The number of esters is 1. The van der Waals surface area contributed by atoms with Crippen molar-refractivity contribution in [3.05, 3.63) is 71.8 Å². The zero-order chi connectivity index (χ0) is 22.2. The molecule has 160 valence electrons. The molecule has 5 N–H and O–H groups in total. The summed E-state index contributed by atoms with van der Waals surface area (Å²) in [6, 6.07) is 16.0. The molecule has 2 amide bonds. The molecule has 2 rings (SSSR count). The Kier molecular flexibility index (Phi) is 7.54. The second kappa shape index (κ2) is 9.89. The van der Waals surface area contributed by atoms with E-state index in [0.29, 0.717) is 11.1 Å². The van der Waals surface area contributed by atoms with Crippen LogP contribution in [0, 0.1) is 0 Å². The van der Waals surface area contributed by atoms with Crippen LogP contribution in [0.5, 0.6) is 0 Å². The Morgan fingerprint density at radius 3 is 2.10 bits per heavy atom. The van der Waals surface area contributed by atoms with Crippen LogP contribution in [0.2, 0.25) is 0 Å². The average Bonchev–Trinajstić information content (AvgIpc) is 2.68. The Bertz CT molecular complexity index is 856. The average molecular weight is 414 g/mol. The van der Waals surface area contributed by atoms with E-state index in [-0.39, 0.29) is 13.0 Å². The third kappa shape index (κ3) is 5.81. The van der Waals surface area contributed by atoms with Crippen molar-refractivity contribution in [2.45, 2.75) is 37.3 Å². The summed E-state index contributed by atoms with van der Waals surface area (Å²) in [5.41, 5.74) is 2.63. The first-order chi connectivity index (χ1) is 14.2. The van der Waals surface area contributed by atoms with Gasteiger partial charge in [-0.2, -0.15) is 0 Å². The maximum atomic E-state index is 12.8. The molecule has 0 saturated heterocycles. The molecule has 0 aliphatic heterocycles. The lowest BCUT2D eigenvalue weighted by atomic mass is 9.75. The van der Waals surface area contributed by atoms with Crippen molar-refractivity contribution in [3.63, 3.8) is 0 Å². The highest BCUT2D eigenvalue weighted by atomic mass is 16.5. The lowest BCUT2D eigenvalue weighted by molar-refractivity contribution is -0.168. The van der Waals surface area contributed by atoms with Crippen LogP contribution in [-0.4, -0.2) is 40.4 Å². The van der Waals surface area contributed by atoms with Gasteiger partial charge in [-0.25, -0.2) is 9.59 Å². The zero-order valence-electron chi connectivity index (χ0n) is 16.7. The Hall–Kier alpha value is -3.39. The lowest BCUT2D eigenvalue weighted by Crippen LogP contribution is -2.57. The van der Waals surface area contributed by atoms with Crippen molar-refractivity contribution in [1.29, 1.82) is 0 Å². The number of nitrogens with two attached hydrogens (primary N) is 1. The molecule has 8 heteroatoms.